The highest BCUT2D eigenvalue weighted by Crippen LogP contribution is 2.44. The van der Waals surface area contributed by atoms with E-state index >= 15 is 0 Å². The highest BCUT2D eigenvalue weighted by Gasteiger charge is 2.36. The van der Waals surface area contributed by atoms with Crippen molar-refractivity contribution in [1.29, 1.82) is 0 Å². The van der Waals surface area contributed by atoms with E-state index in [-0.39, 0.29) is 49.2 Å². The molecule has 1 unspecified atom stereocenters. The van der Waals surface area contributed by atoms with Crippen molar-refractivity contribution < 1.29 is 24.2 Å². The zero-order valence-corrected chi connectivity index (χ0v) is 20.4. The highest BCUT2D eigenvalue weighted by molar-refractivity contribution is 5.81. The summed E-state index contributed by atoms with van der Waals surface area (Å²) in [7, 11) is 0. The molecule has 0 aromatic heterocycles. The summed E-state index contributed by atoms with van der Waals surface area (Å²) in [4.78, 5) is 38.6. The van der Waals surface area contributed by atoms with Crippen LogP contribution in [0.25, 0.3) is 11.1 Å². The van der Waals surface area contributed by atoms with Gasteiger partial charge in [-0.05, 0) is 40.5 Å². The van der Waals surface area contributed by atoms with E-state index in [0.717, 1.165) is 17.5 Å². The van der Waals surface area contributed by atoms with Crippen LogP contribution in [0.15, 0.2) is 48.5 Å². The molecule has 1 aliphatic carbocycles. The topological polar surface area (TPSA) is 95.9 Å². The van der Waals surface area contributed by atoms with Crippen molar-refractivity contribution in [2.24, 2.45) is 17.8 Å². The van der Waals surface area contributed by atoms with Crippen molar-refractivity contribution in [2.75, 3.05) is 26.2 Å². The Morgan fingerprint density at radius 1 is 1.06 bits per heavy atom. The van der Waals surface area contributed by atoms with Crippen LogP contribution in [0.4, 0.5) is 4.79 Å². The van der Waals surface area contributed by atoms with E-state index in [4.69, 9.17) is 9.84 Å². The van der Waals surface area contributed by atoms with Gasteiger partial charge in [0.1, 0.15) is 6.61 Å². The summed E-state index contributed by atoms with van der Waals surface area (Å²) < 4.78 is 5.61. The molecule has 1 heterocycles. The Labute approximate surface area is 206 Å². The molecular formula is C28H34N2O5. The Morgan fingerprint density at radius 2 is 1.69 bits per heavy atom. The summed E-state index contributed by atoms with van der Waals surface area (Å²) in [5.41, 5.74) is 4.65. The number of nitrogens with zero attached hydrogens (tertiary/aromatic N) is 1. The van der Waals surface area contributed by atoms with Gasteiger partial charge in [0, 0.05) is 25.6 Å². The Balaban J connectivity index is 1.33. The zero-order chi connectivity index (χ0) is 24.9. The van der Waals surface area contributed by atoms with Crippen LogP contribution in [0, 0.1) is 17.8 Å². The molecule has 0 bridgehead atoms. The van der Waals surface area contributed by atoms with Gasteiger partial charge in [0.05, 0.1) is 12.3 Å². The van der Waals surface area contributed by atoms with Crippen LogP contribution >= 0.6 is 0 Å². The van der Waals surface area contributed by atoms with E-state index in [1.54, 1.807) is 4.90 Å². The molecule has 7 nitrogen and oxygen atoms in total. The zero-order valence-electron chi connectivity index (χ0n) is 20.4. The van der Waals surface area contributed by atoms with Gasteiger partial charge in [0.15, 0.2) is 0 Å². The number of hydrogen-bond donors (Lipinski definition) is 2. The van der Waals surface area contributed by atoms with Crippen LogP contribution in [0.1, 0.15) is 50.2 Å². The number of carboxylic acids is 1. The molecule has 7 heteroatoms. The van der Waals surface area contributed by atoms with E-state index in [1.165, 1.54) is 11.1 Å². The first-order valence-corrected chi connectivity index (χ1v) is 12.5. The number of alkyl carbamates (subject to hydrolysis) is 1. The Morgan fingerprint density at radius 3 is 2.29 bits per heavy atom. The quantitative estimate of drug-likeness (QED) is 0.553. The molecule has 0 spiro atoms. The second-order valence-corrected chi connectivity index (χ2v) is 9.77. The van der Waals surface area contributed by atoms with Crippen LogP contribution in [0.5, 0.6) is 0 Å². The van der Waals surface area contributed by atoms with E-state index in [1.807, 2.05) is 38.1 Å². The van der Waals surface area contributed by atoms with Crippen LogP contribution in [-0.2, 0) is 14.3 Å². The molecule has 0 radical (unpaired) electrons. The second-order valence-electron chi connectivity index (χ2n) is 9.77. The lowest BCUT2D eigenvalue weighted by atomic mass is 9.95. The standard InChI is InChI=1S/C28H34N2O5/c1-3-8-19(27(33)30-15-18(2)20(16-30)13-26(31)32)14-29-28(34)35-17-25-23-11-6-4-9-21(23)22-10-5-7-12-24(22)25/h4-7,9-12,18-20,25H,3,8,13-17H2,1-2H3,(H,29,34)(H,31,32)/t18-,19?,20-/m1/s1. The number of hydrogen-bond acceptors (Lipinski definition) is 4. The predicted octanol–water partition coefficient (Wildman–Crippen LogP) is 4.51. The van der Waals surface area contributed by atoms with Crippen molar-refractivity contribution in [2.45, 2.75) is 39.0 Å². The van der Waals surface area contributed by atoms with Gasteiger partial charge in [-0.25, -0.2) is 4.79 Å². The van der Waals surface area contributed by atoms with Crippen molar-refractivity contribution in [3.8, 4) is 11.1 Å². The molecule has 2 aliphatic rings. The SMILES string of the molecule is CCCC(CNC(=O)OCC1c2ccccc2-c2ccccc21)C(=O)N1C[C@@H](CC(=O)O)[C@H](C)C1. The first-order valence-electron chi connectivity index (χ1n) is 12.5. The van der Waals surface area contributed by atoms with Crippen LogP contribution in [0.3, 0.4) is 0 Å². The molecule has 2 aromatic rings. The van der Waals surface area contributed by atoms with Crippen LogP contribution < -0.4 is 5.32 Å². The van der Waals surface area contributed by atoms with E-state index < -0.39 is 12.1 Å². The fourth-order valence-corrected chi connectivity index (χ4v) is 5.48. The number of fused-ring (bicyclic) bond motifs is 3. The van der Waals surface area contributed by atoms with E-state index in [2.05, 4.69) is 29.6 Å². The third-order valence-electron chi connectivity index (χ3n) is 7.34. The fraction of sp³-hybridized carbons (Fsp3) is 0.464. The molecule has 4 rings (SSSR count). The first kappa shape index (κ1) is 24.8. The van der Waals surface area contributed by atoms with E-state index in [9.17, 15) is 14.4 Å². The average molecular weight is 479 g/mol. The molecule has 0 saturated carbocycles. The predicted molar refractivity (Wildman–Crippen MR) is 133 cm³/mol. The van der Waals surface area contributed by atoms with Crippen molar-refractivity contribution in [3.05, 3.63) is 59.7 Å². The summed E-state index contributed by atoms with van der Waals surface area (Å²) >= 11 is 0. The van der Waals surface area contributed by atoms with Gasteiger partial charge in [-0.3, -0.25) is 9.59 Å². The minimum absolute atomic E-state index is 0.0153. The molecule has 1 aliphatic heterocycles. The number of benzene rings is 2. The van der Waals surface area contributed by atoms with Crippen LogP contribution in [0.2, 0.25) is 0 Å². The van der Waals surface area contributed by atoms with Gasteiger partial charge in [-0.15, -0.1) is 0 Å². The molecule has 2 amide bonds. The van der Waals surface area contributed by atoms with Gasteiger partial charge in [0.25, 0.3) is 0 Å². The van der Waals surface area contributed by atoms with Gasteiger partial charge in [-0.2, -0.15) is 0 Å². The number of carboxylic acid groups (broad SMARTS) is 1. The van der Waals surface area contributed by atoms with Gasteiger partial charge >= 0.3 is 12.1 Å². The van der Waals surface area contributed by atoms with Gasteiger partial charge < -0.3 is 20.1 Å². The molecule has 186 valence electrons. The number of aliphatic carboxylic acids is 1. The Bertz CT molecular complexity index is 1040. The van der Waals surface area contributed by atoms with Gasteiger partial charge in [-0.1, -0.05) is 68.8 Å². The maximum atomic E-state index is 13.2. The number of carbonyl (C=O) groups is 3. The smallest absolute Gasteiger partial charge is 0.407 e. The lowest BCUT2D eigenvalue weighted by Crippen LogP contribution is -2.41. The Hall–Kier alpha value is -3.35. The number of likely N-dealkylation sites (tertiary alicyclic amines) is 1. The normalized spacial score (nSPS) is 19.7. The summed E-state index contributed by atoms with van der Waals surface area (Å²) in [6.07, 6.45) is 1.00. The fourth-order valence-electron chi connectivity index (χ4n) is 5.48. The maximum absolute atomic E-state index is 13.2. The molecule has 35 heavy (non-hydrogen) atoms. The summed E-state index contributed by atoms with van der Waals surface area (Å²) in [5.74, 6) is -1.11. The summed E-state index contributed by atoms with van der Waals surface area (Å²) in [6, 6.07) is 16.4. The summed E-state index contributed by atoms with van der Waals surface area (Å²) in [6.45, 7) is 5.45. The van der Waals surface area contributed by atoms with Gasteiger partial charge in [0.2, 0.25) is 5.91 Å². The molecule has 1 fully saturated rings. The summed E-state index contributed by atoms with van der Waals surface area (Å²) in [5, 5.41) is 11.9. The third-order valence-corrected chi connectivity index (χ3v) is 7.34. The average Bonchev–Trinajstić information content (AvgIpc) is 3.37. The molecule has 1 saturated heterocycles. The Kier molecular flexibility index (Phi) is 7.73. The highest BCUT2D eigenvalue weighted by atomic mass is 16.5. The van der Waals surface area contributed by atoms with Crippen LogP contribution in [-0.4, -0.2) is 54.2 Å². The minimum Gasteiger partial charge on any atom is -0.481 e. The largest absolute Gasteiger partial charge is 0.481 e. The van der Waals surface area contributed by atoms with Crippen molar-refractivity contribution in [1.82, 2.24) is 10.2 Å². The molecule has 2 N–H and O–H groups in total. The second kappa shape index (κ2) is 10.9. The molecule has 3 atom stereocenters. The van der Waals surface area contributed by atoms with E-state index in [0.29, 0.717) is 19.5 Å². The number of rotatable bonds is 9. The minimum atomic E-state index is -0.835. The monoisotopic (exact) mass is 478 g/mol. The molecular weight excluding hydrogens is 444 g/mol. The molecule has 2 aromatic carbocycles. The first-order chi connectivity index (χ1) is 16.9. The maximum Gasteiger partial charge on any atom is 0.407 e. The number of nitrogens with one attached hydrogen (secondary N) is 1. The number of carbonyl (C=O) groups excluding carboxylic acids is 2. The lowest BCUT2D eigenvalue weighted by molar-refractivity contribution is -0.139. The third kappa shape index (κ3) is 5.50. The van der Waals surface area contributed by atoms with Crippen molar-refractivity contribution >= 4 is 18.0 Å². The number of ether oxygens (including phenoxy) is 1. The lowest BCUT2D eigenvalue weighted by Gasteiger charge is -2.24. The number of amides is 2. The van der Waals surface area contributed by atoms with Crippen molar-refractivity contribution in [3.63, 3.8) is 0 Å².